The molecule has 1 rings (SSSR count). The lowest BCUT2D eigenvalue weighted by atomic mass is 9.87. The summed E-state index contributed by atoms with van der Waals surface area (Å²) in [4.78, 5) is 0. The molecule has 0 aromatic carbocycles. The Bertz CT molecular complexity index is 294. The van der Waals surface area contributed by atoms with E-state index in [2.05, 4.69) is 34.9 Å². The summed E-state index contributed by atoms with van der Waals surface area (Å²) in [7, 11) is 0. The van der Waals surface area contributed by atoms with Crippen molar-refractivity contribution in [1.82, 2.24) is 9.78 Å². The Labute approximate surface area is 100 Å². The number of aromatic nitrogens is 2. The zero-order valence-corrected chi connectivity index (χ0v) is 11.1. The molecular weight excluding hydrogens is 254 g/mol. The van der Waals surface area contributed by atoms with Gasteiger partial charge in [0.25, 0.3) is 0 Å². The van der Waals surface area contributed by atoms with Gasteiger partial charge in [0.15, 0.2) is 0 Å². The average Bonchev–Trinajstić information content (AvgIpc) is 2.59. The molecule has 0 fully saturated rings. The maximum absolute atomic E-state index is 5.68. The van der Waals surface area contributed by atoms with Crippen LogP contribution >= 0.6 is 15.9 Å². The van der Waals surface area contributed by atoms with Gasteiger partial charge in [0.05, 0.1) is 10.7 Å². The molecule has 1 heterocycles. The summed E-state index contributed by atoms with van der Waals surface area (Å²) in [5, 5.41) is 4.22. The van der Waals surface area contributed by atoms with Crippen molar-refractivity contribution >= 4 is 15.9 Å². The molecule has 0 saturated heterocycles. The third-order valence-electron chi connectivity index (χ3n) is 2.65. The molecule has 0 radical (unpaired) electrons. The Morgan fingerprint density at radius 2 is 2.20 bits per heavy atom. The van der Waals surface area contributed by atoms with E-state index in [4.69, 9.17) is 5.73 Å². The first-order chi connectivity index (χ1) is 7.03. The Morgan fingerprint density at radius 3 is 2.73 bits per heavy atom. The molecule has 15 heavy (non-hydrogen) atoms. The lowest BCUT2D eigenvalue weighted by Gasteiger charge is -2.21. The van der Waals surface area contributed by atoms with Crippen molar-refractivity contribution in [2.24, 2.45) is 11.1 Å². The molecular formula is C11H20BrN3. The summed E-state index contributed by atoms with van der Waals surface area (Å²) in [5.74, 6) is 0. The van der Waals surface area contributed by atoms with Crippen LogP contribution in [0.25, 0.3) is 0 Å². The first-order valence-electron chi connectivity index (χ1n) is 5.41. The van der Waals surface area contributed by atoms with Crippen LogP contribution in [0.3, 0.4) is 0 Å². The van der Waals surface area contributed by atoms with Crippen LogP contribution in [0.5, 0.6) is 0 Å². The first kappa shape index (κ1) is 12.7. The fraction of sp³-hybridized carbons (Fsp3) is 0.727. The quantitative estimate of drug-likeness (QED) is 0.811. The molecule has 0 atom stereocenters. The van der Waals surface area contributed by atoms with Crippen LogP contribution in [0.15, 0.2) is 16.9 Å². The number of hydrogen-bond acceptors (Lipinski definition) is 2. The fourth-order valence-electron chi connectivity index (χ4n) is 1.44. The van der Waals surface area contributed by atoms with E-state index in [9.17, 15) is 0 Å². The van der Waals surface area contributed by atoms with Gasteiger partial charge in [0, 0.05) is 12.7 Å². The highest BCUT2D eigenvalue weighted by Crippen LogP contribution is 2.21. The van der Waals surface area contributed by atoms with Gasteiger partial charge in [-0.05, 0) is 40.7 Å². The molecule has 0 bridgehead atoms. The van der Waals surface area contributed by atoms with Crippen LogP contribution < -0.4 is 5.73 Å². The van der Waals surface area contributed by atoms with E-state index in [-0.39, 0.29) is 5.41 Å². The number of aryl methyl sites for hydroxylation is 1. The number of nitrogens with zero attached hydrogens (tertiary/aromatic N) is 2. The summed E-state index contributed by atoms with van der Waals surface area (Å²) >= 11 is 3.38. The molecule has 0 aliphatic rings. The zero-order valence-electron chi connectivity index (χ0n) is 9.54. The molecule has 0 aliphatic heterocycles. The van der Waals surface area contributed by atoms with Crippen LogP contribution in [0, 0.1) is 5.41 Å². The Hall–Kier alpha value is -0.350. The average molecular weight is 274 g/mol. The highest BCUT2D eigenvalue weighted by atomic mass is 79.9. The van der Waals surface area contributed by atoms with Crippen molar-refractivity contribution in [3.8, 4) is 0 Å². The highest BCUT2D eigenvalue weighted by Gasteiger charge is 2.14. The highest BCUT2D eigenvalue weighted by molar-refractivity contribution is 9.10. The van der Waals surface area contributed by atoms with Crippen molar-refractivity contribution in [2.75, 3.05) is 6.54 Å². The fourth-order valence-corrected chi connectivity index (χ4v) is 1.77. The van der Waals surface area contributed by atoms with Crippen LogP contribution in [-0.4, -0.2) is 16.3 Å². The molecule has 0 unspecified atom stereocenters. The predicted octanol–water partition coefficient (Wildman–Crippen LogP) is 2.80. The van der Waals surface area contributed by atoms with E-state index in [1.807, 2.05) is 17.1 Å². The maximum atomic E-state index is 5.68. The zero-order chi connectivity index (χ0) is 11.3. The number of halogens is 1. The van der Waals surface area contributed by atoms with E-state index in [0.29, 0.717) is 0 Å². The van der Waals surface area contributed by atoms with Crippen molar-refractivity contribution in [3.05, 3.63) is 16.9 Å². The summed E-state index contributed by atoms with van der Waals surface area (Å²) < 4.78 is 3.02. The van der Waals surface area contributed by atoms with Gasteiger partial charge in [0.1, 0.15) is 0 Å². The van der Waals surface area contributed by atoms with Gasteiger partial charge in [-0.15, -0.1) is 0 Å². The Balaban J connectivity index is 2.17. The van der Waals surface area contributed by atoms with Gasteiger partial charge >= 0.3 is 0 Å². The molecule has 1 aromatic heterocycles. The summed E-state index contributed by atoms with van der Waals surface area (Å²) in [5.41, 5.74) is 5.96. The second-order valence-electron chi connectivity index (χ2n) is 4.75. The van der Waals surface area contributed by atoms with E-state index >= 15 is 0 Å². The number of nitrogens with two attached hydrogens (primary N) is 1. The van der Waals surface area contributed by atoms with E-state index in [0.717, 1.165) is 24.0 Å². The monoisotopic (exact) mass is 273 g/mol. The molecule has 2 N–H and O–H groups in total. The first-order valence-corrected chi connectivity index (χ1v) is 6.21. The molecule has 3 nitrogen and oxygen atoms in total. The molecule has 86 valence electrons. The van der Waals surface area contributed by atoms with Crippen LogP contribution in [0.4, 0.5) is 0 Å². The topological polar surface area (TPSA) is 43.8 Å². The summed E-state index contributed by atoms with van der Waals surface area (Å²) in [6.45, 7) is 6.20. The second-order valence-corrected chi connectivity index (χ2v) is 5.66. The van der Waals surface area contributed by atoms with Crippen LogP contribution in [-0.2, 0) is 6.54 Å². The minimum Gasteiger partial charge on any atom is -0.330 e. The van der Waals surface area contributed by atoms with E-state index in [1.165, 1.54) is 12.8 Å². The lowest BCUT2D eigenvalue weighted by Crippen LogP contribution is -2.23. The second kappa shape index (κ2) is 5.66. The minimum atomic E-state index is 0.282. The van der Waals surface area contributed by atoms with Gasteiger partial charge in [0.2, 0.25) is 0 Å². The number of hydrogen-bond donors (Lipinski definition) is 1. The molecule has 1 aromatic rings. The third-order valence-corrected chi connectivity index (χ3v) is 3.05. The van der Waals surface area contributed by atoms with Crippen molar-refractivity contribution < 1.29 is 0 Å². The number of unbranched alkanes of at least 4 members (excludes halogenated alkanes) is 1. The largest absolute Gasteiger partial charge is 0.330 e. The Morgan fingerprint density at radius 1 is 1.47 bits per heavy atom. The van der Waals surface area contributed by atoms with Crippen molar-refractivity contribution in [2.45, 2.75) is 39.7 Å². The van der Waals surface area contributed by atoms with Gasteiger partial charge < -0.3 is 5.73 Å². The summed E-state index contributed by atoms with van der Waals surface area (Å²) in [6.07, 6.45) is 7.39. The van der Waals surface area contributed by atoms with Crippen molar-refractivity contribution in [1.29, 1.82) is 0 Å². The van der Waals surface area contributed by atoms with Gasteiger partial charge in [-0.25, -0.2) is 0 Å². The predicted molar refractivity (Wildman–Crippen MR) is 66.6 cm³/mol. The van der Waals surface area contributed by atoms with Gasteiger partial charge in [-0.1, -0.05) is 20.3 Å². The van der Waals surface area contributed by atoms with Crippen LogP contribution in [0.2, 0.25) is 0 Å². The van der Waals surface area contributed by atoms with E-state index < -0.39 is 0 Å². The molecule has 0 aliphatic carbocycles. The smallest absolute Gasteiger partial charge is 0.0632 e. The molecule has 0 saturated carbocycles. The van der Waals surface area contributed by atoms with Gasteiger partial charge in [-0.3, -0.25) is 4.68 Å². The third kappa shape index (κ3) is 4.80. The normalized spacial score (nSPS) is 12.0. The lowest BCUT2D eigenvalue weighted by molar-refractivity contribution is 0.327. The maximum Gasteiger partial charge on any atom is 0.0632 e. The van der Waals surface area contributed by atoms with E-state index in [1.54, 1.807) is 0 Å². The number of rotatable bonds is 6. The molecule has 0 spiro atoms. The Kier molecular flexibility index (Phi) is 4.80. The molecule has 0 amide bonds. The SMILES string of the molecule is CC(C)(CN)CCCCn1cc(Br)cn1. The minimum absolute atomic E-state index is 0.282. The standard InChI is InChI=1S/C11H20BrN3/c1-11(2,9-13)5-3-4-6-15-8-10(12)7-14-15/h7-8H,3-6,9,13H2,1-2H3. The molecule has 4 heteroatoms. The summed E-state index contributed by atoms with van der Waals surface area (Å²) in [6, 6.07) is 0. The van der Waals surface area contributed by atoms with Crippen LogP contribution in [0.1, 0.15) is 33.1 Å². The van der Waals surface area contributed by atoms with Gasteiger partial charge in [-0.2, -0.15) is 5.10 Å². The van der Waals surface area contributed by atoms with Crippen molar-refractivity contribution in [3.63, 3.8) is 0 Å².